The van der Waals surface area contributed by atoms with E-state index < -0.39 is 21.7 Å². The third kappa shape index (κ3) is 5.06. The normalized spacial score (nSPS) is 19.8. The van der Waals surface area contributed by atoms with Crippen molar-refractivity contribution in [3.8, 4) is 0 Å². The number of amides is 1. The molecule has 0 N–H and O–H groups in total. The summed E-state index contributed by atoms with van der Waals surface area (Å²) in [7, 11) is -3.60. The Balaban J connectivity index is 1.57. The summed E-state index contributed by atoms with van der Waals surface area (Å²) < 4.78 is 33.8. The monoisotopic (exact) mass is 471 g/mol. The average molecular weight is 472 g/mol. The van der Waals surface area contributed by atoms with Crippen LogP contribution in [0.15, 0.2) is 47.5 Å². The van der Waals surface area contributed by atoms with Crippen molar-refractivity contribution in [3.63, 3.8) is 0 Å². The van der Waals surface area contributed by atoms with E-state index in [1.54, 1.807) is 27.5 Å². The van der Waals surface area contributed by atoms with E-state index in [9.17, 15) is 13.2 Å². The van der Waals surface area contributed by atoms with Gasteiger partial charge in [0.05, 0.1) is 10.9 Å². The lowest BCUT2D eigenvalue weighted by molar-refractivity contribution is 0.0548. The van der Waals surface area contributed by atoms with Gasteiger partial charge in [0.15, 0.2) is 0 Å². The highest BCUT2D eigenvalue weighted by Crippen LogP contribution is 2.37. The largest absolute Gasteiger partial charge is 0.443 e. The molecule has 2 aliphatic rings. The second kappa shape index (κ2) is 9.06. The third-order valence-corrected chi connectivity index (χ3v) is 8.19. The smallest absolute Gasteiger partial charge is 0.416 e. The first-order valence-corrected chi connectivity index (χ1v) is 13.1. The number of sulfonamides is 1. The number of carbonyl (C=O) groups excluding carboxylic acids is 1. The fourth-order valence-corrected chi connectivity index (χ4v) is 6.01. The molecule has 1 aliphatic heterocycles. The lowest BCUT2D eigenvalue weighted by atomic mass is 9.91. The molecule has 4 rings (SSSR count). The van der Waals surface area contributed by atoms with Gasteiger partial charge in [0.2, 0.25) is 10.0 Å². The Morgan fingerprint density at radius 1 is 1.06 bits per heavy atom. The van der Waals surface area contributed by atoms with Crippen LogP contribution in [0.4, 0.5) is 10.6 Å². The molecule has 7 nitrogen and oxygen atoms in total. The zero-order valence-electron chi connectivity index (χ0n) is 19.8. The summed E-state index contributed by atoms with van der Waals surface area (Å²) >= 11 is 0. The van der Waals surface area contributed by atoms with Gasteiger partial charge in [-0.15, -0.1) is 0 Å². The minimum absolute atomic E-state index is 0.0862. The molecule has 1 saturated heterocycles. The van der Waals surface area contributed by atoms with Crippen LogP contribution in [0, 0.1) is 6.92 Å². The molecule has 33 heavy (non-hydrogen) atoms. The molecule has 2 fully saturated rings. The number of benzene rings is 1. The molecule has 1 saturated carbocycles. The first kappa shape index (κ1) is 23.7. The van der Waals surface area contributed by atoms with Crippen molar-refractivity contribution >= 4 is 21.9 Å². The molecule has 1 aromatic heterocycles. The first-order chi connectivity index (χ1) is 15.6. The van der Waals surface area contributed by atoms with Crippen molar-refractivity contribution < 1.29 is 17.9 Å². The molecular formula is C25H33N3O4S. The van der Waals surface area contributed by atoms with Gasteiger partial charge >= 0.3 is 6.09 Å². The zero-order valence-corrected chi connectivity index (χ0v) is 20.6. The van der Waals surface area contributed by atoms with Crippen LogP contribution >= 0.6 is 0 Å². The molecule has 0 spiro atoms. The number of nitrogens with zero attached hydrogens (tertiary/aromatic N) is 3. The SMILES string of the molecule is Cc1ccc(S(=O)(=O)N2CCCC2c2ccc(N(C(=O)OC(C)(C)C)C3CCC3)nc2)cc1. The zero-order chi connectivity index (χ0) is 23.8. The molecular weight excluding hydrogens is 438 g/mol. The number of carbonyl (C=O) groups is 1. The van der Waals surface area contributed by atoms with Gasteiger partial charge in [-0.1, -0.05) is 23.8 Å². The van der Waals surface area contributed by atoms with Crippen LogP contribution in [0.5, 0.6) is 0 Å². The van der Waals surface area contributed by atoms with Crippen molar-refractivity contribution in [3.05, 3.63) is 53.7 Å². The molecule has 8 heteroatoms. The lowest BCUT2D eigenvalue weighted by Gasteiger charge is -2.37. The maximum absolute atomic E-state index is 13.3. The number of pyridine rings is 1. The van der Waals surface area contributed by atoms with Gasteiger partial charge in [-0.05, 0) is 83.6 Å². The van der Waals surface area contributed by atoms with Crippen LogP contribution < -0.4 is 4.90 Å². The number of ether oxygens (including phenoxy) is 1. The quantitative estimate of drug-likeness (QED) is 0.598. The van der Waals surface area contributed by atoms with Crippen LogP contribution in [-0.4, -0.2) is 42.0 Å². The summed E-state index contributed by atoms with van der Waals surface area (Å²) in [6.45, 7) is 7.97. The van der Waals surface area contributed by atoms with Crippen LogP contribution in [-0.2, 0) is 14.8 Å². The Labute approximate surface area is 196 Å². The van der Waals surface area contributed by atoms with Crippen molar-refractivity contribution in [2.75, 3.05) is 11.4 Å². The number of anilines is 1. The fourth-order valence-electron chi connectivity index (χ4n) is 4.33. The van der Waals surface area contributed by atoms with E-state index in [4.69, 9.17) is 4.74 Å². The van der Waals surface area contributed by atoms with E-state index in [1.807, 2.05) is 52.0 Å². The summed E-state index contributed by atoms with van der Waals surface area (Å²) in [6, 6.07) is 10.5. The van der Waals surface area contributed by atoms with E-state index in [0.717, 1.165) is 43.2 Å². The van der Waals surface area contributed by atoms with Crippen molar-refractivity contribution in [2.45, 2.75) is 82.4 Å². The number of hydrogen-bond acceptors (Lipinski definition) is 5. The molecule has 1 aliphatic carbocycles. The van der Waals surface area contributed by atoms with E-state index in [1.165, 1.54) is 0 Å². The van der Waals surface area contributed by atoms with E-state index in [0.29, 0.717) is 17.3 Å². The number of hydrogen-bond donors (Lipinski definition) is 0. The Bertz CT molecular complexity index is 1090. The van der Waals surface area contributed by atoms with Gasteiger partial charge in [-0.3, -0.25) is 4.90 Å². The third-order valence-electron chi connectivity index (χ3n) is 6.26. The van der Waals surface area contributed by atoms with Crippen LogP contribution in [0.25, 0.3) is 0 Å². The molecule has 0 bridgehead atoms. The second-order valence-corrected chi connectivity index (χ2v) is 11.9. The van der Waals surface area contributed by atoms with Crippen molar-refractivity contribution in [1.82, 2.24) is 9.29 Å². The number of aromatic nitrogens is 1. The predicted molar refractivity (Wildman–Crippen MR) is 128 cm³/mol. The van der Waals surface area contributed by atoms with Crippen LogP contribution in [0.2, 0.25) is 0 Å². The highest BCUT2D eigenvalue weighted by atomic mass is 32.2. The Kier molecular flexibility index (Phi) is 6.51. The highest BCUT2D eigenvalue weighted by Gasteiger charge is 2.37. The van der Waals surface area contributed by atoms with E-state index in [2.05, 4.69) is 4.98 Å². The summed E-state index contributed by atoms with van der Waals surface area (Å²) in [5.74, 6) is 0.545. The molecule has 1 amide bonds. The van der Waals surface area contributed by atoms with Crippen LogP contribution in [0.1, 0.15) is 70.0 Å². The molecule has 0 radical (unpaired) electrons. The molecule has 178 valence electrons. The van der Waals surface area contributed by atoms with Gasteiger partial charge < -0.3 is 4.74 Å². The second-order valence-electron chi connectivity index (χ2n) is 9.97. The average Bonchev–Trinajstić information content (AvgIpc) is 3.20. The summed E-state index contributed by atoms with van der Waals surface area (Å²) in [5.41, 5.74) is 1.27. The molecule has 2 heterocycles. The number of aryl methyl sites for hydroxylation is 1. The molecule has 1 unspecified atom stereocenters. The maximum Gasteiger partial charge on any atom is 0.416 e. The Hall–Kier alpha value is -2.45. The maximum atomic E-state index is 13.3. The minimum atomic E-state index is -3.60. The van der Waals surface area contributed by atoms with Gasteiger partial charge in [0, 0.05) is 18.8 Å². The minimum Gasteiger partial charge on any atom is -0.443 e. The van der Waals surface area contributed by atoms with Crippen molar-refractivity contribution in [1.29, 1.82) is 0 Å². The standard InChI is InChI=1S/C25H33N3O4S/c1-18-10-13-21(14-11-18)33(30,31)27-16-6-9-22(27)19-12-15-23(26-17-19)28(20-7-5-8-20)24(29)32-25(2,3)4/h10-15,17,20,22H,5-9,16H2,1-4H3. The molecule has 1 aromatic carbocycles. The Morgan fingerprint density at radius 2 is 1.76 bits per heavy atom. The highest BCUT2D eigenvalue weighted by molar-refractivity contribution is 7.89. The fraction of sp³-hybridized carbons (Fsp3) is 0.520. The lowest BCUT2D eigenvalue weighted by Crippen LogP contribution is -2.47. The van der Waals surface area contributed by atoms with Gasteiger partial charge in [0.25, 0.3) is 0 Å². The van der Waals surface area contributed by atoms with Gasteiger partial charge in [0.1, 0.15) is 11.4 Å². The van der Waals surface area contributed by atoms with Gasteiger partial charge in [-0.25, -0.2) is 18.2 Å². The summed E-state index contributed by atoms with van der Waals surface area (Å²) in [4.78, 5) is 19.4. The Morgan fingerprint density at radius 3 is 2.30 bits per heavy atom. The van der Waals surface area contributed by atoms with Crippen LogP contribution in [0.3, 0.4) is 0 Å². The van der Waals surface area contributed by atoms with E-state index >= 15 is 0 Å². The predicted octanol–water partition coefficient (Wildman–Crippen LogP) is 5.21. The first-order valence-electron chi connectivity index (χ1n) is 11.6. The molecule has 1 atom stereocenters. The van der Waals surface area contributed by atoms with Crippen molar-refractivity contribution in [2.24, 2.45) is 0 Å². The number of rotatable bonds is 5. The van der Waals surface area contributed by atoms with Gasteiger partial charge in [-0.2, -0.15) is 4.31 Å². The summed E-state index contributed by atoms with van der Waals surface area (Å²) in [5, 5.41) is 0. The summed E-state index contributed by atoms with van der Waals surface area (Å²) in [6.07, 6.45) is 5.78. The molecule has 2 aromatic rings. The van der Waals surface area contributed by atoms with E-state index in [-0.39, 0.29) is 12.1 Å². The topological polar surface area (TPSA) is 79.8 Å².